The fourth-order valence-electron chi connectivity index (χ4n) is 5.10. The van der Waals surface area contributed by atoms with E-state index in [1.54, 1.807) is 24.3 Å². The number of morpholine rings is 1. The van der Waals surface area contributed by atoms with Crippen LogP contribution in [0.15, 0.2) is 91.0 Å². The molecule has 0 unspecified atom stereocenters. The molecule has 0 radical (unpaired) electrons. The van der Waals surface area contributed by atoms with Crippen LogP contribution in [0.3, 0.4) is 0 Å². The number of carbonyl (C=O) groups is 2. The monoisotopic (exact) mass is 617 g/mol. The number of anilines is 5. The minimum Gasteiger partial charge on any atom is -0.378 e. The van der Waals surface area contributed by atoms with Crippen molar-refractivity contribution < 1.29 is 14.3 Å². The van der Waals surface area contributed by atoms with Crippen molar-refractivity contribution in [1.29, 1.82) is 0 Å². The van der Waals surface area contributed by atoms with Gasteiger partial charge in [-0.1, -0.05) is 42.5 Å². The lowest BCUT2D eigenvalue weighted by atomic mass is 10.1. The zero-order chi connectivity index (χ0) is 31.9. The third-order valence-corrected chi connectivity index (χ3v) is 7.29. The van der Waals surface area contributed by atoms with Gasteiger partial charge in [-0.3, -0.25) is 14.7 Å². The lowest BCUT2D eigenvalue weighted by molar-refractivity contribution is -0.111. The van der Waals surface area contributed by atoms with Crippen LogP contribution in [-0.2, 0) is 9.53 Å². The Morgan fingerprint density at radius 2 is 1.67 bits per heavy atom. The van der Waals surface area contributed by atoms with Crippen molar-refractivity contribution in [2.75, 3.05) is 67.8 Å². The van der Waals surface area contributed by atoms with Crippen LogP contribution in [0.1, 0.15) is 10.5 Å². The number of carbonyl (C=O) groups excluding carboxylic acids is 2. The molecule has 3 heterocycles. The van der Waals surface area contributed by atoms with Crippen molar-refractivity contribution in [3.05, 3.63) is 96.7 Å². The van der Waals surface area contributed by atoms with Crippen LogP contribution < -0.4 is 20.9 Å². The number of aromatic nitrogens is 4. The number of para-hydroxylation sites is 1. The highest BCUT2D eigenvalue weighted by molar-refractivity contribution is 6.14. The van der Waals surface area contributed by atoms with E-state index < -0.39 is 5.91 Å². The van der Waals surface area contributed by atoms with Crippen LogP contribution in [0.4, 0.5) is 28.7 Å². The zero-order valence-corrected chi connectivity index (χ0v) is 25.7. The van der Waals surface area contributed by atoms with Crippen molar-refractivity contribution in [3.63, 3.8) is 0 Å². The van der Waals surface area contributed by atoms with Gasteiger partial charge in [0.25, 0.3) is 5.91 Å². The number of H-pyrrole nitrogens is 1. The summed E-state index contributed by atoms with van der Waals surface area (Å²) in [5.74, 6) is -0.335. The van der Waals surface area contributed by atoms with E-state index in [-0.39, 0.29) is 11.6 Å². The highest BCUT2D eigenvalue weighted by atomic mass is 16.5. The van der Waals surface area contributed by atoms with Gasteiger partial charge in [0.05, 0.1) is 24.3 Å². The van der Waals surface area contributed by atoms with Crippen molar-refractivity contribution in [2.24, 2.45) is 0 Å². The topological polar surface area (TPSA) is 140 Å². The number of amides is 2. The van der Waals surface area contributed by atoms with Gasteiger partial charge in [0.2, 0.25) is 11.9 Å². The normalized spacial score (nSPS) is 13.3. The first-order chi connectivity index (χ1) is 22.4. The first-order valence-corrected chi connectivity index (χ1v) is 15.0. The molecule has 3 aromatic carbocycles. The predicted molar refractivity (Wildman–Crippen MR) is 181 cm³/mol. The first-order valence-electron chi connectivity index (χ1n) is 15.0. The lowest BCUT2D eigenvalue weighted by Crippen LogP contribution is -2.36. The van der Waals surface area contributed by atoms with E-state index in [9.17, 15) is 9.59 Å². The Hall–Kier alpha value is -5.59. The number of nitrogens with one attached hydrogen (secondary N) is 4. The third kappa shape index (κ3) is 7.37. The number of fused-ring (bicyclic) bond motifs is 1. The summed E-state index contributed by atoms with van der Waals surface area (Å²) in [7, 11) is 3.87. The Labute approximate surface area is 266 Å². The Morgan fingerprint density at radius 1 is 0.913 bits per heavy atom. The first kappa shape index (κ1) is 30.4. The largest absolute Gasteiger partial charge is 0.378 e. The van der Waals surface area contributed by atoms with Gasteiger partial charge in [0.15, 0.2) is 11.3 Å². The zero-order valence-electron chi connectivity index (χ0n) is 25.7. The molecule has 1 aliphatic rings. The van der Waals surface area contributed by atoms with Gasteiger partial charge >= 0.3 is 0 Å². The summed E-state index contributed by atoms with van der Waals surface area (Å²) < 4.78 is 5.51. The van der Waals surface area contributed by atoms with Gasteiger partial charge in [-0.05, 0) is 56.6 Å². The summed E-state index contributed by atoms with van der Waals surface area (Å²) in [4.78, 5) is 39.9. The van der Waals surface area contributed by atoms with Crippen LogP contribution >= 0.6 is 0 Å². The molecule has 0 aliphatic carbocycles. The molecule has 2 aromatic heterocycles. The molecular formula is C34H35N9O3. The van der Waals surface area contributed by atoms with E-state index in [2.05, 4.69) is 37.1 Å². The van der Waals surface area contributed by atoms with E-state index in [1.807, 2.05) is 73.6 Å². The summed E-state index contributed by atoms with van der Waals surface area (Å²) in [6.45, 7) is 3.65. The lowest BCUT2D eigenvalue weighted by Gasteiger charge is -2.29. The molecule has 0 atom stereocenters. The number of benzene rings is 3. The maximum atomic E-state index is 13.5. The van der Waals surface area contributed by atoms with Gasteiger partial charge in [0.1, 0.15) is 0 Å². The van der Waals surface area contributed by atoms with Gasteiger partial charge in [0, 0.05) is 54.0 Å². The summed E-state index contributed by atoms with van der Waals surface area (Å²) >= 11 is 0. The maximum Gasteiger partial charge on any atom is 0.276 e. The number of hydrogen-bond donors (Lipinski definition) is 4. The van der Waals surface area contributed by atoms with Crippen LogP contribution in [-0.4, -0.2) is 83.8 Å². The fourth-order valence-corrected chi connectivity index (χ4v) is 5.10. The SMILES string of the molecule is CN(C)C/C=C/C(=O)Nc1cccc(-c2nc(Nc3cccc(N4CCOCC4)c3)nc3[nH]nc(C(=O)Nc4ccccc4)c23)c1. The average molecular weight is 618 g/mol. The average Bonchev–Trinajstić information content (AvgIpc) is 3.50. The molecule has 1 aliphatic heterocycles. The van der Waals surface area contributed by atoms with Gasteiger partial charge < -0.3 is 30.5 Å². The van der Waals surface area contributed by atoms with Crippen molar-refractivity contribution in [2.45, 2.75) is 0 Å². The van der Waals surface area contributed by atoms with Crippen LogP contribution in [0.2, 0.25) is 0 Å². The maximum absolute atomic E-state index is 13.5. The second-order valence-corrected chi connectivity index (χ2v) is 11.0. The van der Waals surface area contributed by atoms with Gasteiger partial charge in [-0.15, -0.1) is 0 Å². The molecule has 4 N–H and O–H groups in total. The van der Waals surface area contributed by atoms with E-state index in [0.29, 0.717) is 59.4 Å². The van der Waals surface area contributed by atoms with Gasteiger partial charge in [-0.2, -0.15) is 10.1 Å². The summed E-state index contributed by atoms with van der Waals surface area (Å²) in [6.07, 6.45) is 3.30. The Kier molecular flexibility index (Phi) is 9.27. The molecule has 12 nitrogen and oxygen atoms in total. The van der Waals surface area contributed by atoms with E-state index in [1.165, 1.54) is 6.08 Å². The number of ether oxygens (including phenoxy) is 1. The van der Waals surface area contributed by atoms with Crippen molar-refractivity contribution in [3.8, 4) is 11.3 Å². The molecule has 1 saturated heterocycles. The van der Waals surface area contributed by atoms with Crippen molar-refractivity contribution >= 4 is 51.5 Å². The molecule has 6 rings (SSSR count). The standard InChI is InChI=1S/C34H35N9O3/c1-42(2)16-8-15-28(44)35-25-12-6-9-23(21-25)30-29-31(33(45)36-24-10-4-3-5-11-24)40-41-32(29)39-34(38-30)37-26-13-7-14-27(22-26)43-17-19-46-20-18-43/h3-15,21-22H,16-20H2,1-2H3,(H,35,44)(H,36,45)(H2,37,38,39,40,41)/b15-8+. The molecule has 2 amide bonds. The number of likely N-dealkylation sites (N-methyl/N-ethyl adjacent to an activating group) is 1. The van der Waals surface area contributed by atoms with Crippen LogP contribution in [0, 0.1) is 0 Å². The number of rotatable bonds is 10. The quantitative estimate of drug-likeness (QED) is 0.161. The molecule has 5 aromatic rings. The molecule has 0 spiro atoms. The smallest absolute Gasteiger partial charge is 0.276 e. The molecule has 0 saturated carbocycles. The number of nitrogens with zero attached hydrogens (tertiary/aromatic N) is 5. The number of aromatic amines is 1. The minimum atomic E-state index is -0.406. The Bertz CT molecular complexity index is 1860. The number of hydrogen-bond acceptors (Lipinski definition) is 9. The molecule has 0 bridgehead atoms. The highest BCUT2D eigenvalue weighted by Gasteiger charge is 2.22. The molecule has 46 heavy (non-hydrogen) atoms. The Balaban J connectivity index is 1.36. The van der Waals surface area contributed by atoms with E-state index in [0.717, 1.165) is 24.5 Å². The van der Waals surface area contributed by atoms with E-state index in [4.69, 9.17) is 14.7 Å². The summed E-state index contributed by atoms with van der Waals surface area (Å²) in [6, 6.07) is 24.5. The summed E-state index contributed by atoms with van der Waals surface area (Å²) in [5, 5.41) is 16.9. The fraction of sp³-hybridized carbons (Fsp3) is 0.206. The molecular weight excluding hydrogens is 582 g/mol. The second kappa shape index (κ2) is 14.0. The minimum absolute atomic E-state index is 0.149. The molecule has 234 valence electrons. The predicted octanol–water partition coefficient (Wildman–Crippen LogP) is 4.91. The third-order valence-electron chi connectivity index (χ3n) is 7.29. The summed E-state index contributed by atoms with van der Waals surface area (Å²) in [5.41, 5.74) is 4.77. The van der Waals surface area contributed by atoms with E-state index >= 15 is 0 Å². The molecule has 12 heteroatoms. The molecule has 1 fully saturated rings. The van der Waals surface area contributed by atoms with Gasteiger partial charge in [-0.25, -0.2) is 4.98 Å². The van der Waals surface area contributed by atoms with Crippen LogP contribution in [0.25, 0.3) is 22.3 Å². The highest BCUT2D eigenvalue weighted by Crippen LogP contribution is 2.32. The second-order valence-electron chi connectivity index (χ2n) is 11.0. The Morgan fingerprint density at radius 3 is 2.48 bits per heavy atom. The van der Waals surface area contributed by atoms with Crippen molar-refractivity contribution in [1.82, 2.24) is 25.1 Å². The van der Waals surface area contributed by atoms with Crippen LogP contribution in [0.5, 0.6) is 0 Å².